The van der Waals surface area contributed by atoms with Gasteiger partial charge in [-0.15, -0.1) is 11.3 Å². The molecule has 0 unspecified atom stereocenters. The van der Waals surface area contributed by atoms with Crippen LogP contribution < -0.4 is 5.73 Å². The molecule has 0 radical (unpaired) electrons. The number of hydrogen-bond acceptors (Lipinski definition) is 5. The lowest BCUT2D eigenvalue weighted by Gasteiger charge is -2.03. The van der Waals surface area contributed by atoms with Gasteiger partial charge in [-0.3, -0.25) is 4.40 Å². The maximum atomic E-state index is 5.94. The van der Waals surface area contributed by atoms with Crippen molar-refractivity contribution in [3.8, 4) is 11.3 Å². The van der Waals surface area contributed by atoms with Gasteiger partial charge >= 0.3 is 0 Å². The standard InChI is InChI=1S/C11H11N5S/c1-6-5-16-10(7(2)15-11(16)17-6)8-3-13-14-4-9(8)12/h3-5H,1-2H3,(H2,12,13). The fourth-order valence-electron chi connectivity index (χ4n) is 1.92. The Morgan fingerprint density at radius 2 is 2.00 bits per heavy atom. The average Bonchev–Trinajstić information content (AvgIpc) is 2.75. The molecule has 3 heterocycles. The molecule has 0 fully saturated rings. The Bertz CT molecular complexity index is 697. The van der Waals surface area contributed by atoms with E-state index in [1.54, 1.807) is 23.7 Å². The third-order valence-corrected chi connectivity index (χ3v) is 3.53. The van der Waals surface area contributed by atoms with Crippen LogP contribution in [0.15, 0.2) is 18.6 Å². The lowest BCUT2D eigenvalue weighted by Crippen LogP contribution is -1.96. The second-order valence-electron chi connectivity index (χ2n) is 3.90. The number of anilines is 1. The van der Waals surface area contributed by atoms with Gasteiger partial charge in [-0.2, -0.15) is 10.2 Å². The topological polar surface area (TPSA) is 69.1 Å². The van der Waals surface area contributed by atoms with Crippen molar-refractivity contribution >= 4 is 22.0 Å². The zero-order chi connectivity index (χ0) is 12.0. The van der Waals surface area contributed by atoms with Crippen LogP contribution >= 0.6 is 11.3 Å². The Labute approximate surface area is 102 Å². The number of thiazole rings is 1. The van der Waals surface area contributed by atoms with Crippen molar-refractivity contribution in [1.82, 2.24) is 19.6 Å². The van der Waals surface area contributed by atoms with Crippen LogP contribution in [0.3, 0.4) is 0 Å². The first-order valence-corrected chi connectivity index (χ1v) is 6.00. The number of nitrogens with zero attached hydrogens (tertiary/aromatic N) is 4. The van der Waals surface area contributed by atoms with Gasteiger partial charge in [0.05, 0.1) is 29.5 Å². The first kappa shape index (κ1) is 10.2. The van der Waals surface area contributed by atoms with Gasteiger partial charge < -0.3 is 5.73 Å². The Hall–Kier alpha value is -1.95. The van der Waals surface area contributed by atoms with Gasteiger partial charge in [0.15, 0.2) is 4.96 Å². The molecule has 0 saturated heterocycles. The van der Waals surface area contributed by atoms with Crippen molar-refractivity contribution < 1.29 is 0 Å². The van der Waals surface area contributed by atoms with E-state index in [0.717, 1.165) is 21.9 Å². The van der Waals surface area contributed by atoms with Crippen molar-refractivity contribution in [2.75, 3.05) is 5.73 Å². The zero-order valence-electron chi connectivity index (χ0n) is 9.51. The lowest BCUT2D eigenvalue weighted by molar-refractivity contribution is 1.03. The molecule has 0 amide bonds. The molecule has 0 saturated carbocycles. The highest BCUT2D eigenvalue weighted by molar-refractivity contribution is 7.17. The Morgan fingerprint density at radius 3 is 2.76 bits per heavy atom. The van der Waals surface area contributed by atoms with E-state index in [2.05, 4.69) is 32.7 Å². The van der Waals surface area contributed by atoms with Crippen molar-refractivity contribution in [3.05, 3.63) is 29.2 Å². The molecule has 0 spiro atoms. The summed E-state index contributed by atoms with van der Waals surface area (Å²) in [6.45, 7) is 4.04. The summed E-state index contributed by atoms with van der Waals surface area (Å²) in [6.07, 6.45) is 5.31. The molecular weight excluding hydrogens is 234 g/mol. The molecule has 6 heteroatoms. The first-order chi connectivity index (χ1) is 8.16. The van der Waals surface area contributed by atoms with E-state index in [-0.39, 0.29) is 0 Å². The first-order valence-electron chi connectivity index (χ1n) is 5.18. The fraction of sp³-hybridized carbons (Fsp3) is 0.182. The van der Waals surface area contributed by atoms with E-state index in [4.69, 9.17) is 5.73 Å². The number of nitrogen functional groups attached to an aromatic ring is 1. The van der Waals surface area contributed by atoms with Gasteiger partial charge in [0.1, 0.15) is 0 Å². The molecule has 0 atom stereocenters. The van der Waals surface area contributed by atoms with Gasteiger partial charge in [-0.25, -0.2) is 4.98 Å². The van der Waals surface area contributed by atoms with Crippen molar-refractivity contribution in [2.45, 2.75) is 13.8 Å². The van der Waals surface area contributed by atoms with Crippen LogP contribution in [-0.4, -0.2) is 19.6 Å². The van der Waals surface area contributed by atoms with Crippen LogP contribution in [0.2, 0.25) is 0 Å². The SMILES string of the molecule is Cc1cn2c(-c3cnncc3N)c(C)nc2s1. The van der Waals surface area contributed by atoms with Gasteiger partial charge in [-0.1, -0.05) is 0 Å². The normalized spacial score (nSPS) is 11.2. The predicted molar refractivity (Wildman–Crippen MR) is 68.0 cm³/mol. The maximum Gasteiger partial charge on any atom is 0.194 e. The smallest absolute Gasteiger partial charge is 0.194 e. The number of rotatable bonds is 1. The van der Waals surface area contributed by atoms with Gasteiger partial charge in [0.25, 0.3) is 0 Å². The van der Waals surface area contributed by atoms with Crippen LogP contribution in [-0.2, 0) is 0 Å². The fourth-order valence-corrected chi connectivity index (χ4v) is 2.79. The largest absolute Gasteiger partial charge is 0.397 e. The van der Waals surface area contributed by atoms with E-state index in [9.17, 15) is 0 Å². The quantitative estimate of drug-likeness (QED) is 0.712. The zero-order valence-corrected chi connectivity index (χ0v) is 10.3. The molecule has 0 aliphatic carbocycles. The molecule has 86 valence electrons. The second-order valence-corrected chi connectivity index (χ2v) is 5.11. The Balaban J connectivity index is 2.36. The summed E-state index contributed by atoms with van der Waals surface area (Å²) in [5.41, 5.74) is 9.39. The van der Waals surface area contributed by atoms with Crippen LogP contribution in [0.4, 0.5) is 5.69 Å². The summed E-state index contributed by atoms with van der Waals surface area (Å²) in [6, 6.07) is 0. The summed E-state index contributed by atoms with van der Waals surface area (Å²) in [7, 11) is 0. The molecule has 0 aliphatic heterocycles. The number of aryl methyl sites for hydroxylation is 2. The highest BCUT2D eigenvalue weighted by atomic mass is 32.1. The van der Waals surface area contributed by atoms with Crippen LogP contribution in [0.5, 0.6) is 0 Å². The molecule has 2 N–H and O–H groups in total. The van der Waals surface area contributed by atoms with E-state index >= 15 is 0 Å². The van der Waals surface area contributed by atoms with E-state index < -0.39 is 0 Å². The average molecular weight is 245 g/mol. The van der Waals surface area contributed by atoms with Gasteiger partial charge in [0, 0.05) is 16.6 Å². The van der Waals surface area contributed by atoms with Crippen molar-refractivity contribution in [3.63, 3.8) is 0 Å². The van der Waals surface area contributed by atoms with Crippen LogP contribution in [0.25, 0.3) is 16.2 Å². The van der Waals surface area contributed by atoms with Gasteiger partial charge in [-0.05, 0) is 13.8 Å². The summed E-state index contributed by atoms with van der Waals surface area (Å²) >= 11 is 1.66. The number of aromatic nitrogens is 4. The summed E-state index contributed by atoms with van der Waals surface area (Å²) in [4.78, 5) is 6.72. The van der Waals surface area contributed by atoms with Crippen LogP contribution in [0.1, 0.15) is 10.6 Å². The summed E-state index contributed by atoms with van der Waals surface area (Å²) in [5.74, 6) is 0. The Kier molecular flexibility index (Phi) is 2.12. The highest BCUT2D eigenvalue weighted by Crippen LogP contribution is 2.30. The molecule has 3 rings (SSSR count). The predicted octanol–water partition coefficient (Wildman–Crippen LogP) is 2.05. The van der Waals surface area contributed by atoms with E-state index in [1.807, 2.05) is 6.92 Å². The molecule has 0 aliphatic rings. The van der Waals surface area contributed by atoms with Crippen molar-refractivity contribution in [2.24, 2.45) is 0 Å². The van der Waals surface area contributed by atoms with E-state index in [1.165, 1.54) is 4.88 Å². The minimum Gasteiger partial charge on any atom is -0.397 e. The Morgan fingerprint density at radius 1 is 1.24 bits per heavy atom. The number of hydrogen-bond donors (Lipinski definition) is 1. The molecule has 3 aromatic heterocycles. The molecule has 0 bridgehead atoms. The third-order valence-electron chi connectivity index (χ3n) is 2.63. The number of nitrogens with two attached hydrogens (primary N) is 1. The van der Waals surface area contributed by atoms with Gasteiger partial charge in [0.2, 0.25) is 0 Å². The number of imidazole rings is 1. The minimum absolute atomic E-state index is 0.619. The molecule has 0 aromatic carbocycles. The highest BCUT2D eigenvalue weighted by Gasteiger charge is 2.15. The molecular formula is C11H11N5S. The monoisotopic (exact) mass is 245 g/mol. The number of fused-ring (bicyclic) bond motifs is 1. The molecule has 3 aromatic rings. The summed E-state index contributed by atoms with van der Waals surface area (Å²) in [5, 5.41) is 7.66. The molecule has 17 heavy (non-hydrogen) atoms. The lowest BCUT2D eigenvalue weighted by atomic mass is 10.1. The third kappa shape index (κ3) is 1.49. The minimum atomic E-state index is 0.619. The van der Waals surface area contributed by atoms with Crippen molar-refractivity contribution in [1.29, 1.82) is 0 Å². The molecule has 5 nitrogen and oxygen atoms in total. The summed E-state index contributed by atoms with van der Waals surface area (Å²) < 4.78 is 2.06. The van der Waals surface area contributed by atoms with Crippen LogP contribution in [0, 0.1) is 13.8 Å². The van der Waals surface area contributed by atoms with E-state index in [0.29, 0.717) is 5.69 Å². The maximum absolute atomic E-state index is 5.94. The second kappa shape index (κ2) is 3.53.